The first-order chi connectivity index (χ1) is 14.7. The number of hydrogen-bond acceptors (Lipinski definition) is 4. The number of ether oxygens (including phenoxy) is 3. The molecule has 0 bridgehead atoms. The van der Waals surface area contributed by atoms with Crippen LogP contribution in [0.3, 0.4) is 0 Å². The van der Waals surface area contributed by atoms with Crippen molar-refractivity contribution in [2.24, 2.45) is 0 Å². The molecular formula is C25H24O5. The zero-order chi connectivity index (χ0) is 21.2. The zero-order valence-electron chi connectivity index (χ0n) is 16.8. The fourth-order valence-electron chi connectivity index (χ4n) is 2.85. The monoisotopic (exact) mass is 404 g/mol. The molecule has 0 aliphatic heterocycles. The molecule has 3 aromatic carbocycles. The third kappa shape index (κ3) is 6.14. The topological polar surface area (TPSA) is 65.0 Å². The van der Waals surface area contributed by atoms with E-state index in [1.165, 1.54) is 6.08 Å². The Morgan fingerprint density at radius 1 is 0.833 bits per heavy atom. The summed E-state index contributed by atoms with van der Waals surface area (Å²) in [6.07, 6.45) is 1.48. The van der Waals surface area contributed by atoms with Gasteiger partial charge in [-0.1, -0.05) is 54.6 Å². The lowest BCUT2D eigenvalue weighted by molar-refractivity contribution is -0.136. The molecule has 0 unspecified atom stereocenters. The zero-order valence-corrected chi connectivity index (χ0v) is 16.8. The summed E-state index contributed by atoms with van der Waals surface area (Å²) < 4.78 is 16.6. The van der Waals surface area contributed by atoms with Crippen molar-refractivity contribution in [3.63, 3.8) is 0 Å². The van der Waals surface area contributed by atoms with Gasteiger partial charge in [0.05, 0.1) is 6.61 Å². The van der Waals surface area contributed by atoms with Crippen molar-refractivity contribution in [1.82, 2.24) is 0 Å². The van der Waals surface area contributed by atoms with Crippen LogP contribution in [0.5, 0.6) is 11.5 Å². The second-order valence-electron chi connectivity index (χ2n) is 6.41. The first kappa shape index (κ1) is 21.0. The summed E-state index contributed by atoms with van der Waals surface area (Å²) in [5, 5.41) is 9.11. The number of carboxylic acids is 1. The maximum absolute atomic E-state index is 11.1. The largest absolute Gasteiger partial charge is 0.490 e. The van der Waals surface area contributed by atoms with E-state index in [0.717, 1.165) is 22.4 Å². The van der Waals surface area contributed by atoms with Crippen LogP contribution in [-0.4, -0.2) is 30.9 Å². The number of rotatable bonds is 10. The predicted octanol–water partition coefficient (Wildman–Crippen LogP) is 5.27. The Hall–Kier alpha value is -3.73. The molecule has 0 saturated heterocycles. The molecule has 5 nitrogen and oxygen atoms in total. The Labute approximate surface area is 176 Å². The Balaban J connectivity index is 1.50. The van der Waals surface area contributed by atoms with Crippen LogP contribution in [0.25, 0.3) is 17.2 Å². The fraction of sp³-hybridized carbons (Fsp3) is 0.160. The molecule has 154 valence electrons. The van der Waals surface area contributed by atoms with Gasteiger partial charge in [-0.15, -0.1) is 0 Å². The maximum atomic E-state index is 11.1. The highest BCUT2D eigenvalue weighted by molar-refractivity contribution is 5.89. The molecule has 0 radical (unpaired) electrons. The van der Waals surface area contributed by atoms with Crippen LogP contribution >= 0.6 is 0 Å². The lowest BCUT2D eigenvalue weighted by atomic mass is 10.1. The van der Waals surface area contributed by atoms with Crippen LogP contribution in [0.1, 0.15) is 12.5 Å². The van der Waals surface area contributed by atoms with Crippen LogP contribution in [0, 0.1) is 0 Å². The number of aliphatic carboxylic acids is 1. The van der Waals surface area contributed by atoms with Gasteiger partial charge in [0, 0.05) is 0 Å². The molecule has 3 rings (SSSR count). The van der Waals surface area contributed by atoms with Gasteiger partial charge in [-0.25, -0.2) is 4.79 Å². The van der Waals surface area contributed by atoms with Gasteiger partial charge in [0.1, 0.15) is 24.7 Å². The summed E-state index contributed by atoms with van der Waals surface area (Å²) >= 11 is 0. The molecule has 30 heavy (non-hydrogen) atoms. The van der Waals surface area contributed by atoms with Crippen molar-refractivity contribution in [3.8, 4) is 22.6 Å². The molecule has 0 saturated carbocycles. The molecule has 3 aromatic rings. The molecule has 0 aromatic heterocycles. The fourth-order valence-corrected chi connectivity index (χ4v) is 2.85. The summed E-state index contributed by atoms with van der Waals surface area (Å²) in [7, 11) is 0. The molecule has 0 atom stereocenters. The highest BCUT2D eigenvalue weighted by Crippen LogP contribution is 2.23. The van der Waals surface area contributed by atoms with Gasteiger partial charge in [0.15, 0.2) is 0 Å². The molecule has 1 N–H and O–H groups in total. The molecule has 0 heterocycles. The van der Waals surface area contributed by atoms with E-state index >= 15 is 0 Å². The number of carboxylic acid groups (broad SMARTS) is 1. The number of hydrogen-bond donors (Lipinski definition) is 1. The van der Waals surface area contributed by atoms with Crippen molar-refractivity contribution < 1.29 is 24.1 Å². The summed E-state index contributed by atoms with van der Waals surface area (Å²) in [6, 6.07) is 25.2. The molecule has 0 spiro atoms. The van der Waals surface area contributed by atoms with Crippen molar-refractivity contribution in [2.75, 3.05) is 19.8 Å². The van der Waals surface area contributed by atoms with Gasteiger partial charge in [0.2, 0.25) is 5.76 Å². The van der Waals surface area contributed by atoms with Gasteiger partial charge in [-0.2, -0.15) is 0 Å². The van der Waals surface area contributed by atoms with Crippen molar-refractivity contribution in [2.45, 2.75) is 6.92 Å². The van der Waals surface area contributed by atoms with Gasteiger partial charge in [0.25, 0.3) is 0 Å². The highest BCUT2D eigenvalue weighted by Gasteiger charge is 2.08. The van der Waals surface area contributed by atoms with E-state index < -0.39 is 5.97 Å². The first-order valence-corrected chi connectivity index (χ1v) is 9.74. The van der Waals surface area contributed by atoms with Crippen molar-refractivity contribution in [3.05, 3.63) is 90.2 Å². The minimum atomic E-state index is -1.09. The summed E-state index contributed by atoms with van der Waals surface area (Å²) in [6.45, 7) is 2.85. The summed E-state index contributed by atoms with van der Waals surface area (Å²) in [4.78, 5) is 11.1. The van der Waals surface area contributed by atoms with Crippen molar-refractivity contribution in [1.29, 1.82) is 0 Å². The lowest BCUT2D eigenvalue weighted by Crippen LogP contribution is -2.09. The smallest absolute Gasteiger partial charge is 0.371 e. The molecule has 0 aliphatic carbocycles. The van der Waals surface area contributed by atoms with Gasteiger partial charge >= 0.3 is 5.97 Å². The van der Waals surface area contributed by atoms with Gasteiger partial charge < -0.3 is 19.3 Å². The maximum Gasteiger partial charge on any atom is 0.371 e. The number of carbonyl (C=O) groups is 1. The van der Waals surface area contributed by atoms with Crippen molar-refractivity contribution >= 4 is 12.0 Å². The van der Waals surface area contributed by atoms with Crippen LogP contribution in [0.2, 0.25) is 0 Å². The van der Waals surface area contributed by atoms with E-state index in [1.54, 1.807) is 31.2 Å². The summed E-state index contributed by atoms with van der Waals surface area (Å²) in [5.41, 5.74) is 2.97. The van der Waals surface area contributed by atoms with Crippen LogP contribution in [0.15, 0.2) is 84.6 Å². The van der Waals surface area contributed by atoms with E-state index in [4.69, 9.17) is 19.3 Å². The number of benzene rings is 3. The average molecular weight is 404 g/mol. The predicted molar refractivity (Wildman–Crippen MR) is 117 cm³/mol. The van der Waals surface area contributed by atoms with Crippen LogP contribution in [0.4, 0.5) is 0 Å². The molecule has 0 amide bonds. The van der Waals surface area contributed by atoms with Gasteiger partial charge in [-0.3, -0.25) is 0 Å². The lowest BCUT2D eigenvalue weighted by Gasteiger charge is -2.10. The third-order valence-corrected chi connectivity index (χ3v) is 4.25. The van der Waals surface area contributed by atoms with Gasteiger partial charge in [-0.05, 0) is 54.0 Å². The van der Waals surface area contributed by atoms with E-state index in [2.05, 4.69) is 18.2 Å². The van der Waals surface area contributed by atoms with Crippen LogP contribution in [-0.2, 0) is 9.53 Å². The Morgan fingerprint density at radius 3 is 2.17 bits per heavy atom. The van der Waals surface area contributed by atoms with E-state index in [-0.39, 0.29) is 5.76 Å². The highest BCUT2D eigenvalue weighted by atomic mass is 16.5. The second kappa shape index (κ2) is 10.7. The standard InChI is InChI=1S/C25H24O5/c1-2-28-24(25(26)27)17-19-11-13-22(14-12-19)29-15-16-30-23-10-6-9-21(18-23)20-7-4-3-5-8-20/h3-14,17-18H,2,15-16H2,1H3,(H,26,27). The second-order valence-corrected chi connectivity index (χ2v) is 6.41. The Bertz CT molecular complexity index is 978. The van der Waals surface area contributed by atoms with E-state index in [9.17, 15) is 4.79 Å². The Morgan fingerprint density at radius 2 is 1.50 bits per heavy atom. The normalized spacial score (nSPS) is 11.0. The van der Waals surface area contributed by atoms with E-state index in [0.29, 0.717) is 25.6 Å². The van der Waals surface area contributed by atoms with E-state index in [1.807, 2.05) is 36.4 Å². The average Bonchev–Trinajstić information content (AvgIpc) is 2.78. The third-order valence-electron chi connectivity index (χ3n) is 4.25. The first-order valence-electron chi connectivity index (χ1n) is 9.74. The molecule has 0 aliphatic rings. The van der Waals surface area contributed by atoms with Crippen LogP contribution < -0.4 is 9.47 Å². The Kier molecular flexibility index (Phi) is 7.50. The quantitative estimate of drug-likeness (QED) is 0.283. The molecular weight excluding hydrogens is 380 g/mol. The SMILES string of the molecule is CCOC(=Cc1ccc(OCCOc2cccc(-c3ccccc3)c2)cc1)C(=O)O. The summed E-state index contributed by atoms with van der Waals surface area (Å²) in [5.74, 6) is 0.294. The minimum Gasteiger partial charge on any atom is -0.490 e. The molecule has 0 fully saturated rings. The molecule has 5 heteroatoms. The minimum absolute atomic E-state index is 0.0858.